The zero-order valence-electron chi connectivity index (χ0n) is 11.8. The minimum Gasteiger partial charge on any atom is -0.271 e. The van der Waals surface area contributed by atoms with Gasteiger partial charge in [0.2, 0.25) is 0 Å². The largest absolute Gasteiger partial charge is 0.271 e. The van der Waals surface area contributed by atoms with Crippen LogP contribution >= 0.6 is 15.9 Å². The first kappa shape index (κ1) is 15.2. The molecule has 0 spiro atoms. The molecule has 108 valence electrons. The number of hydrogen-bond acceptors (Lipinski definition) is 4. The van der Waals surface area contributed by atoms with Crippen LogP contribution in [0.15, 0.2) is 35.1 Å². The lowest BCUT2D eigenvalue weighted by atomic mass is 10.0. The number of nitrogens with one attached hydrogen (secondary N) is 1. The van der Waals surface area contributed by atoms with Crippen LogP contribution in [-0.2, 0) is 13.0 Å². The SMILES string of the molecule is CC(C)Cn1ncnc1CC(NN)c1ccc(Br)cc1. The minimum atomic E-state index is 0.0261. The van der Waals surface area contributed by atoms with E-state index in [4.69, 9.17) is 5.84 Å². The molecule has 0 fully saturated rings. The fourth-order valence-corrected chi connectivity index (χ4v) is 2.36. The van der Waals surface area contributed by atoms with Crippen molar-refractivity contribution in [2.75, 3.05) is 0 Å². The van der Waals surface area contributed by atoms with Gasteiger partial charge in [0.05, 0.1) is 6.04 Å². The van der Waals surface area contributed by atoms with Gasteiger partial charge in [0.15, 0.2) is 0 Å². The number of nitrogens with zero attached hydrogens (tertiary/aromatic N) is 3. The molecule has 0 saturated heterocycles. The molecule has 1 aromatic heterocycles. The second-order valence-corrected chi connectivity index (χ2v) is 6.14. The molecule has 1 aromatic carbocycles. The summed E-state index contributed by atoms with van der Waals surface area (Å²) < 4.78 is 3.01. The molecular formula is C14H20BrN5. The Bertz CT molecular complexity index is 535. The van der Waals surface area contributed by atoms with Gasteiger partial charge in [0.1, 0.15) is 12.2 Å². The first-order valence-electron chi connectivity index (χ1n) is 6.68. The molecule has 1 heterocycles. The Morgan fingerprint density at radius 2 is 2.00 bits per heavy atom. The number of rotatable bonds is 6. The van der Waals surface area contributed by atoms with E-state index < -0.39 is 0 Å². The highest BCUT2D eigenvalue weighted by atomic mass is 79.9. The highest BCUT2D eigenvalue weighted by Crippen LogP contribution is 2.19. The van der Waals surface area contributed by atoms with Gasteiger partial charge in [0, 0.05) is 17.4 Å². The van der Waals surface area contributed by atoms with Crippen molar-refractivity contribution in [3.05, 3.63) is 46.5 Å². The van der Waals surface area contributed by atoms with E-state index in [1.54, 1.807) is 6.33 Å². The average Bonchev–Trinajstić information content (AvgIpc) is 2.83. The highest BCUT2D eigenvalue weighted by Gasteiger charge is 2.15. The fraction of sp³-hybridized carbons (Fsp3) is 0.429. The minimum absolute atomic E-state index is 0.0261. The zero-order chi connectivity index (χ0) is 14.5. The lowest BCUT2D eigenvalue weighted by molar-refractivity contribution is 0.446. The quantitative estimate of drug-likeness (QED) is 0.627. The van der Waals surface area contributed by atoms with Crippen molar-refractivity contribution in [1.29, 1.82) is 0 Å². The standard InChI is InChI=1S/C14H20BrN5/c1-10(2)8-20-14(17-9-18-20)7-13(19-16)11-3-5-12(15)6-4-11/h3-6,9-10,13,19H,7-8,16H2,1-2H3. The predicted molar refractivity (Wildman–Crippen MR) is 82.8 cm³/mol. The van der Waals surface area contributed by atoms with E-state index >= 15 is 0 Å². The van der Waals surface area contributed by atoms with Crippen LogP contribution in [0.25, 0.3) is 0 Å². The summed E-state index contributed by atoms with van der Waals surface area (Å²) in [4.78, 5) is 4.35. The van der Waals surface area contributed by atoms with Crippen LogP contribution in [0.4, 0.5) is 0 Å². The Hall–Kier alpha value is -1.24. The number of benzene rings is 1. The van der Waals surface area contributed by atoms with Crippen molar-refractivity contribution in [3.8, 4) is 0 Å². The van der Waals surface area contributed by atoms with E-state index in [2.05, 4.69) is 57.4 Å². The second-order valence-electron chi connectivity index (χ2n) is 5.23. The Balaban J connectivity index is 2.14. The van der Waals surface area contributed by atoms with Crippen LogP contribution in [0.1, 0.15) is 31.3 Å². The second kappa shape index (κ2) is 6.97. The third-order valence-corrected chi connectivity index (χ3v) is 3.62. The maximum Gasteiger partial charge on any atom is 0.138 e. The molecular weight excluding hydrogens is 318 g/mol. The Labute approximate surface area is 127 Å². The molecule has 20 heavy (non-hydrogen) atoms. The molecule has 2 aromatic rings. The molecule has 0 aliphatic heterocycles. The summed E-state index contributed by atoms with van der Waals surface area (Å²) in [5, 5.41) is 4.28. The van der Waals surface area contributed by atoms with Crippen LogP contribution < -0.4 is 11.3 Å². The summed E-state index contributed by atoms with van der Waals surface area (Å²) in [5.41, 5.74) is 3.99. The monoisotopic (exact) mass is 337 g/mol. The Morgan fingerprint density at radius 1 is 1.30 bits per heavy atom. The van der Waals surface area contributed by atoms with E-state index in [0.717, 1.165) is 22.4 Å². The molecule has 0 saturated carbocycles. The van der Waals surface area contributed by atoms with Gasteiger partial charge in [-0.15, -0.1) is 0 Å². The van der Waals surface area contributed by atoms with E-state index in [0.29, 0.717) is 12.3 Å². The molecule has 6 heteroatoms. The molecule has 0 amide bonds. The maximum absolute atomic E-state index is 5.69. The maximum atomic E-state index is 5.69. The third kappa shape index (κ3) is 3.88. The molecule has 5 nitrogen and oxygen atoms in total. The van der Waals surface area contributed by atoms with Crippen LogP contribution in [-0.4, -0.2) is 14.8 Å². The number of aromatic nitrogens is 3. The Morgan fingerprint density at radius 3 is 2.60 bits per heavy atom. The van der Waals surface area contributed by atoms with Crippen LogP contribution in [0.5, 0.6) is 0 Å². The molecule has 0 radical (unpaired) electrons. The molecule has 0 aliphatic rings. The highest BCUT2D eigenvalue weighted by molar-refractivity contribution is 9.10. The van der Waals surface area contributed by atoms with Crippen molar-refractivity contribution in [2.24, 2.45) is 11.8 Å². The molecule has 1 atom stereocenters. The summed E-state index contributed by atoms with van der Waals surface area (Å²) in [6.45, 7) is 5.20. The van der Waals surface area contributed by atoms with Gasteiger partial charge in [-0.05, 0) is 23.6 Å². The van der Waals surface area contributed by atoms with Gasteiger partial charge in [-0.3, -0.25) is 11.3 Å². The van der Waals surface area contributed by atoms with Crippen molar-refractivity contribution < 1.29 is 0 Å². The topological polar surface area (TPSA) is 68.8 Å². The molecule has 3 N–H and O–H groups in total. The first-order valence-corrected chi connectivity index (χ1v) is 7.47. The van der Waals surface area contributed by atoms with Gasteiger partial charge >= 0.3 is 0 Å². The summed E-state index contributed by atoms with van der Waals surface area (Å²) in [6, 6.07) is 8.16. The van der Waals surface area contributed by atoms with Gasteiger partial charge in [-0.25, -0.2) is 9.67 Å². The van der Waals surface area contributed by atoms with Crippen molar-refractivity contribution >= 4 is 15.9 Å². The Kier molecular flexibility index (Phi) is 5.28. The lowest BCUT2D eigenvalue weighted by Crippen LogP contribution is -2.30. The lowest BCUT2D eigenvalue weighted by Gasteiger charge is -2.17. The van der Waals surface area contributed by atoms with Gasteiger partial charge in [-0.2, -0.15) is 5.10 Å². The number of hydrogen-bond donors (Lipinski definition) is 2. The third-order valence-electron chi connectivity index (χ3n) is 3.09. The van der Waals surface area contributed by atoms with Gasteiger partial charge in [0.25, 0.3) is 0 Å². The fourth-order valence-electron chi connectivity index (χ4n) is 2.10. The summed E-state index contributed by atoms with van der Waals surface area (Å²) >= 11 is 3.44. The summed E-state index contributed by atoms with van der Waals surface area (Å²) in [5.74, 6) is 7.17. The van der Waals surface area contributed by atoms with E-state index in [9.17, 15) is 0 Å². The normalized spacial score (nSPS) is 12.8. The molecule has 1 unspecified atom stereocenters. The van der Waals surface area contributed by atoms with Crippen LogP contribution in [0.2, 0.25) is 0 Å². The van der Waals surface area contributed by atoms with Gasteiger partial charge in [-0.1, -0.05) is 41.9 Å². The molecule has 0 aliphatic carbocycles. The van der Waals surface area contributed by atoms with Crippen molar-refractivity contribution in [2.45, 2.75) is 32.9 Å². The summed E-state index contributed by atoms with van der Waals surface area (Å²) in [6.07, 6.45) is 2.32. The van der Waals surface area contributed by atoms with Crippen molar-refractivity contribution in [3.63, 3.8) is 0 Å². The smallest absolute Gasteiger partial charge is 0.138 e. The van der Waals surface area contributed by atoms with E-state index in [-0.39, 0.29) is 6.04 Å². The number of hydrazine groups is 1. The average molecular weight is 338 g/mol. The van der Waals surface area contributed by atoms with Crippen molar-refractivity contribution in [1.82, 2.24) is 20.2 Å². The molecule has 0 bridgehead atoms. The number of nitrogens with two attached hydrogens (primary N) is 1. The van der Waals surface area contributed by atoms with Crippen LogP contribution in [0.3, 0.4) is 0 Å². The number of halogens is 1. The zero-order valence-corrected chi connectivity index (χ0v) is 13.3. The first-order chi connectivity index (χ1) is 9.60. The summed E-state index contributed by atoms with van der Waals surface area (Å²) in [7, 11) is 0. The predicted octanol–water partition coefficient (Wildman–Crippen LogP) is 2.44. The van der Waals surface area contributed by atoms with Crippen LogP contribution in [0, 0.1) is 5.92 Å². The van der Waals surface area contributed by atoms with Gasteiger partial charge < -0.3 is 0 Å². The van der Waals surface area contributed by atoms with E-state index in [1.807, 2.05) is 16.8 Å². The molecule has 2 rings (SSSR count). The van der Waals surface area contributed by atoms with E-state index in [1.165, 1.54) is 0 Å².